The molecule has 4 rings (SSSR count). The Morgan fingerprint density at radius 1 is 1.20 bits per heavy atom. The quantitative estimate of drug-likeness (QED) is 0.704. The highest BCUT2D eigenvalue weighted by Crippen LogP contribution is 2.34. The number of nitrogens with zero attached hydrogens (tertiary/aromatic N) is 1. The third-order valence-corrected chi connectivity index (χ3v) is 5.00. The summed E-state index contributed by atoms with van der Waals surface area (Å²) in [5.74, 6) is 0.869. The second-order valence-corrected chi connectivity index (χ2v) is 7.30. The van der Waals surface area contributed by atoms with Crippen molar-refractivity contribution >= 4 is 23.5 Å². The van der Waals surface area contributed by atoms with Gasteiger partial charge in [0.15, 0.2) is 11.5 Å². The number of anilines is 1. The lowest BCUT2D eigenvalue weighted by molar-refractivity contribution is -0.133. The number of imide groups is 1. The maximum atomic E-state index is 13.0. The van der Waals surface area contributed by atoms with Gasteiger partial charge in [0.2, 0.25) is 12.7 Å². The molecule has 2 N–H and O–H groups in total. The molecule has 0 saturated carbocycles. The molecule has 2 aromatic rings. The van der Waals surface area contributed by atoms with Gasteiger partial charge in [-0.3, -0.25) is 14.5 Å². The zero-order valence-corrected chi connectivity index (χ0v) is 16.6. The van der Waals surface area contributed by atoms with E-state index in [2.05, 4.69) is 10.6 Å². The van der Waals surface area contributed by atoms with Gasteiger partial charge < -0.3 is 24.8 Å². The van der Waals surface area contributed by atoms with Crippen molar-refractivity contribution in [2.75, 3.05) is 25.8 Å². The highest BCUT2D eigenvalue weighted by atomic mass is 16.7. The Hall–Kier alpha value is -3.75. The molecule has 0 aromatic heterocycles. The molecule has 2 aliphatic heterocycles. The minimum absolute atomic E-state index is 0.155. The highest BCUT2D eigenvalue weighted by molar-refractivity contribution is 6.10. The van der Waals surface area contributed by atoms with Crippen LogP contribution in [-0.4, -0.2) is 48.7 Å². The molecule has 156 valence electrons. The SMILES string of the molecule is COc1cccc(NC(=O)CN2C(=O)N[C@@](C)(Cc3ccc4c(c3)OCO4)C2=O)c1. The van der Waals surface area contributed by atoms with Crippen molar-refractivity contribution in [2.45, 2.75) is 18.9 Å². The number of carbonyl (C=O) groups excluding carboxylic acids is 3. The molecule has 2 aliphatic rings. The Morgan fingerprint density at radius 2 is 2.00 bits per heavy atom. The van der Waals surface area contributed by atoms with Crippen molar-refractivity contribution in [1.29, 1.82) is 0 Å². The Balaban J connectivity index is 1.43. The van der Waals surface area contributed by atoms with Gasteiger partial charge in [0.05, 0.1) is 7.11 Å². The predicted octanol–water partition coefficient (Wildman–Crippen LogP) is 1.92. The number of urea groups is 1. The van der Waals surface area contributed by atoms with Crippen molar-refractivity contribution in [3.05, 3.63) is 48.0 Å². The smallest absolute Gasteiger partial charge is 0.325 e. The van der Waals surface area contributed by atoms with Gasteiger partial charge in [-0.1, -0.05) is 12.1 Å². The van der Waals surface area contributed by atoms with Gasteiger partial charge in [-0.15, -0.1) is 0 Å². The van der Waals surface area contributed by atoms with Crippen LogP contribution in [0.25, 0.3) is 0 Å². The van der Waals surface area contributed by atoms with Crippen LogP contribution in [0.5, 0.6) is 17.2 Å². The number of hydrogen-bond donors (Lipinski definition) is 2. The van der Waals surface area contributed by atoms with Gasteiger partial charge >= 0.3 is 6.03 Å². The number of hydrogen-bond acceptors (Lipinski definition) is 6. The molecule has 0 unspecified atom stereocenters. The number of ether oxygens (including phenoxy) is 3. The largest absolute Gasteiger partial charge is 0.497 e. The second-order valence-electron chi connectivity index (χ2n) is 7.30. The van der Waals surface area contributed by atoms with E-state index in [9.17, 15) is 14.4 Å². The van der Waals surface area contributed by atoms with Gasteiger partial charge in [0, 0.05) is 18.2 Å². The first-order valence-corrected chi connectivity index (χ1v) is 9.34. The van der Waals surface area contributed by atoms with E-state index in [1.54, 1.807) is 43.3 Å². The summed E-state index contributed by atoms with van der Waals surface area (Å²) >= 11 is 0. The van der Waals surface area contributed by atoms with Crippen LogP contribution in [0, 0.1) is 0 Å². The summed E-state index contributed by atoms with van der Waals surface area (Å²) in [6.07, 6.45) is 0.252. The summed E-state index contributed by atoms with van der Waals surface area (Å²) in [7, 11) is 1.52. The lowest BCUT2D eigenvalue weighted by atomic mass is 9.92. The fraction of sp³-hybridized carbons (Fsp3) is 0.286. The zero-order chi connectivity index (χ0) is 21.3. The number of rotatable bonds is 6. The minimum atomic E-state index is -1.17. The van der Waals surface area contributed by atoms with Gasteiger partial charge in [0.25, 0.3) is 5.91 Å². The van der Waals surface area contributed by atoms with Crippen LogP contribution >= 0.6 is 0 Å². The molecule has 1 fully saturated rings. The van der Waals surface area contributed by atoms with Crippen LogP contribution in [0.4, 0.5) is 10.5 Å². The van der Waals surface area contributed by atoms with Gasteiger partial charge in [-0.25, -0.2) is 4.79 Å². The van der Waals surface area contributed by atoms with Crippen LogP contribution in [-0.2, 0) is 16.0 Å². The van der Waals surface area contributed by atoms with E-state index in [0.29, 0.717) is 22.9 Å². The average Bonchev–Trinajstić information content (AvgIpc) is 3.26. The number of benzene rings is 2. The van der Waals surface area contributed by atoms with Crippen LogP contribution < -0.4 is 24.8 Å². The number of amides is 4. The Kier molecular flexibility index (Phi) is 4.94. The van der Waals surface area contributed by atoms with Gasteiger partial charge in [-0.2, -0.15) is 0 Å². The molecule has 1 saturated heterocycles. The lowest BCUT2D eigenvalue weighted by Gasteiger charge is -2.22. The summed E-state index contributed by atoms with van der Waals surface area (Å²) < 4.78 is 15.8. The normalized spacial score (nSPS) is 19.6. The maximum absolute atomic E-state index is 13.0. The van der Waals surface area contributed by atoms with Crippen LogP contribution in [0.3, 0.4) is 0 Å². The van der Waals surface area contributed by atoms with E-state index in [4.69, 9.17) is 14.2 Å². The molecule has 30 heavy (non-hydrogen) atoms. The molecule has 9 heteroatoms. The van der Waals surface area contributed by atoms with E-state index < -0.39 is 29.9 Å². The van der Waals surface area contributed by atoms with Crippen LogP contribution in [0.15, 0.2) is 42.5 Å². The van der Waals surface area contributed by atoms with E-state index >= 15 is 0 Å². The molecule has 1 atom stereocenters. The van der Waals surface area contributed by atoms with Crippen LogP contribution in [0.1, 0.15) is 12.5 Å². The third kappa shape index (κ3) is 3.73. The average molecular weight is 411 g/mol. The zero-order valence-electron chi connectivity index (χ0n) is 16.6. The summed E-state index contributed by atoms with van der Waals surface area (Å²) in [6, 6.07) is 11.6. The van der Waals surface area contributed by atoms with Gasteiger partial charge in [-0.05, 0) is 36.8 Å². The molecule has 0 aliphatic carbocycles. The molecule has 4 amide bonds. The molecule has 0 spiro atoms. The standard InChI is InChI=1S/C21H21N3O6/c1-21(10-13-6-7-16-17(8-13)30-12-29-16)19(26)24(20(27)23-21)11-18(25)22-14-4-3-5-15(9-14)28-2/h3-9H,10-12H2,1-2H3,(H,22,25)(H,23,27)/t21-/m0/s1. The van der Waals surface area contributed by atoms with E-state index in [0.717, 1.165) is 10.5 Å². The molecule has 0 radical (unpaired) electrons. The monoisotopic (exact) mass is 411 g/mol. The molecule has 2 heterocycles. The van der Waals surface area contributed by atoms with Crippen LogP contribution in [0.2, 0.25) is 0 Å². The molecule has 0 bridgehead atoms. The number of fused-ring (bicyclic) bond motifs is 1. The minimum Gasteiger partial charge on any atom is -0.497 e. The van der Waals surface area contributed by atoms with Crippen molar-refractivity contribution in [1.82, 2.24) is 10.2 Å². The highest BCUT2D eigenvalue weighted by Gasteiger charge is 2.48. The molecule has 9 nitrogen and oxygen atoms in total. The Morgan fingerprint density at radius 3 is 2.80 bits per heavy atom. The fourth-order valence-electron chi connectivity index (χ4n) is 3.51. The number of methoxy groups -OCH3 is 1. The van der Waals surface area contributed by atoms with Crippen molar-refractivity contribution in [2.24, 2.45) is 0 Å². The molecular weight excluding hydrogens is 390 g/mol. The number of nitrogens with one attached hydrogen (secondary N) is 2. The van der Waals surface area contributed by atoms with Crippen molar-refractivity contribution in [3.8, 4) is 17.2 Å². The first-order chi connectivity index (χ1) is 14.4. The van der Waals surface area contributed by atoms with Crippen molar-refractivity contribution < 1.29 is 28.6 Å². The number of carbonyl (C=O) groups is 3. The predicted molar refractivity (Wildman–Crippen MR) is 107 cm³/mol. The van der Waals surface area contributed by atoms with Crippen molar-refractivity contribution in [3.63, 3.8) is 0 Å². The Bertz CT molecular complexity index is 1020. The first kappa shape index (κ1) is 19.6. The fourth-order valence-corrected chi connectivity index (χ4v) is 3.51. The molecular formula is C21H21N3O6. The lowest BCUT2D eigenvalue weighted by Crippen LogP contribution is -2.46. The second kappa shape index (κ2) is 7.58. The Labute approximate surface area is 172 Å². The van der Waals surface area contributed by atoms with E-state index in [-0.39, 0.29) is 13.2 Å². The maximum Gasteiger partial charge on any atom is 0.325 e. The van der Waals surface area contributed by atoms with Gasteiger partial charge in [0.1, 0.15) is 17.8 Å². The topological polar surface area (TPSA) is 106 Å². The molecule has 2 aromatic carbocycles. The first-order valence-electron chi connectivity index (χ1n) is 9.34. The van der Waals surface area contributed by atoms with E-state index in [1.165, 1.54) is 7.11 Å². The third-order valence-electron chi connectivity index (χ3n) is 5.00. The summed E-state index contributed by atoms with van der Waals surface area (Å²) in [4.78, 5) is 38.7. The summed E-state index contributed by atoms with van der Waals surface area (Å²) in [6.45, 7) is 1.40. The summed E-state index contributed by atoms with van der Waals surface area (Å²) in [5.41, 5.74) is 0.147. The van der Waals surface area contributed by atoms with E-state index in [1.807, 2.05) is 6.07 Å². The summed E-state index contributed by atoms with van der Waals surface area (Å²) in [5, 5.41) is 5.37.